The fourth-order valence-electron chi connectivity index (χ4n) is 11.0. The van der Waals surface area contributed by atoms with E-state index in [2.05, 4.69) is 197 Å². The molecule has 0 aromatic heterocycles. The molecule has 9 aromatic rings. The third kappa shape index (κ3) is 3.87. The molecule has 0 fully saturated rings. The molecule has 0 saturated heterocycles. The summed E-state index contributed by atoms with van der Waals surface area (Å²) in [5, 5.41) is 5.16. The Morgan fingerprint density at radius 3 is 1.36 bits per heavy atom. The third-order valence-electron chi connectivity index (χ3n) is 13.3. The molecule has 1 spiro atoms. The molecule has 0 atom stereocenters. The highest BCUT2D eigenvalue weighted by atomic mass is 14.5. The van der Waals surface area contributed by atoms with E-state index in [0.29, 0.717) is 0 Å². The lowest BCUT2D eigenvalue weighted by Gasteiger charge is -2.31. The van der Waals surface area contributed by atoms with E-state index < -0.39 is 0 Å². The maximum atomic E-state index is 2.55. The predicted octanol–water partition coefficient (Wildman–Crippen LogP) is 14.3. The van der Waals surface area contributed by atoms with Crippen molar-refractivity contribution < 1.29 is 0 Å². The lowest BCUT2D eigenvalue weighted by atomic mass is 9.70. The number of hydrogen-bond donors (Lipinski definition) is 0. The van der Waals surface area contributed by atoms with Gasteiger partial charge in [-0.1, -0.05) is 183 Å². The molecule has 0 heterocycles. The van der Waals surface area contributed by atoms with Crippen molar-refractivity contribution in [2.45, 2.75) is 31.6 Å². The maximum absolute atomic E-state index is 2.55. The van der Waals surface area contributed by atoms with Gasteiger partial charge in [0, 0.05) is 5.41 Å². The van der Waals surface area contributed by atoms with Gasteiger partial charge in [-0.05, 0) is 130 Å². The molecule has 12 rings (SSSR count). The molecule has 0 bridgehead atoms. The van der Waals surface area contributed by atoms with Gasteiger partial charge in [0.2, 0.25) is 0 Å². The fourth-order valence-corrected chi connectivity index (χ4v) is 11.0. The molecule has 0 amide bonds. The molecule has 9 aromatic carbocycles. The Morgan fingerprint density at radius 1 is 0.309 bits per heavy atom. The van der Waals surface area contributed by atoms with Gasteiger partial charge >= 0.3 is 0 Å². The molecule has 258 valence electrons. The topological polar surface area (TPSA) is 0 Å². The van der Waals surface area contributed by atoms with Gasteiger partial charge in [-0.2, -0.15) is 0 Å². The first-order valence-corrected chi connectivity index (χ1v) is 19.6. The monoisotopic (exact) mass is 698 g/mol. The van der Waals surface area contributed by atoms with E-state index in [0.717, 1.165) is 0 Å². The maximum Gasteiger partial charge on any atom is 0.0725 e. The Balaban J connectivity index is 1.15. The summed E-state index contributed by atoms with van der Waals surface area (Å²) in [4.78, 5) is 0. The minimum Gasteiger partial charge on any atom is -0.0619 e. The predicted molar refractivity (Wildman–Crippen MR) is 231 cm³/mol. The van der Waals surface area contributed by atoms with E-state index >= 15 is 0 Å². The summed E-state index contributed by atoms with van der Waals surface area (Å²) in [5.41, 5.74) is 22.4. The van der Waals surface area contributed by atoms with Crippen LogP contribution in [0.25, 0.3) is 77.2 Å². The summed E-state index contributed by atoms with van der Waals surface area (Å²) in [6.45, 7) is 6.95. The van der Waals surface area contributed by atoms with Gasteiger partial charge in [-0.25, -0.2) is 0 Å². The van der Waals surface area contributed by atoms with Crippen molar-refractivity contribution in [2.24, 2.45) is 0 Å². The van der Waals surface area contributed by atoms with Crippen LogP contribution in [0.2, 0.25) is 0 Å². The van der Waals surface area contributed by atoms with Crippen molar-refractivity contribution in [3.8, 4) is 55.6 Å². The largest absolute Gasteiger partial charge is 0.0725 e. The van der Waals surface area contributed by atoms with E-state index in [1.54, 1.807) is 0 Å². The Bertz CT molecular complexity index is 3070. The van der Waals surface area contributed by atoms with E-state index in [1.165, 1.54) is 116 Å². The van der Waals surface area contributed by atoms with Crippen LogP contribution in [0.1, 0.15) is 52.8 Å². The summed E-state index contributed by atoms with van der Waals surface area (Å²) < 4.78 is 0. The van der Waals surface area contributed by atoms with E-state index in [1.807, 2.05) is 0 Å². The number of aryl methyl sites for hydroxylation is 1. The highest BCUT2D eigenvalue weighted by Gasteiger charge is 2.51. The standard InChI is InChI=1S/C55H38/c1-33-24-27-43-45(30-33)53(34-26-29-47-44(31-34)39-17-6-10-20-46(39)54(47,2)3)42-19-5-4-18-41(42)52(43)35-25-28-40-38-16-9-13-23-50(38)55(51(40)32-35)48-21-11-7-14-36(48)37-15-8-12-22-49(37)55/h4-32H,1-3H3. The van der Waals surface area contributed by atoms with Gasteiger partial charge in [-0.15, -0.1) is 0 Å². The van der Waals surface area contributed by atoms with Crippen molar-refractivity contribution in [3.05, 3.63) is 215 Å². The van der Waals surface area contributed by atoms with Crippen LogP contribution in [0.4, 0.5) is 0 Å². The highest BCUT2D eigenvalue weighted by Crippen LogP contribution is 2.63. The minimum atomic E-state index is -0.383. The van der Waals surface area contributed by atoms with Crippen LogP contribution in [0.15, 0.2) is 176 Å². The van der Waals surface area contributed by atoms with Crippen molar-refractivity contribution in [2.75, 3.05) is 0 Å². The van der Waals surface area contributed by atoms with Crippen molar-refractivity contribution in [1.29, 1.82) is 0 Å². The van der Waals surface area contributed by atoms with E-state index in [-0.39, 0.29) is 10.8 Å². The number of benzene rings is 9. The van der Waals surface area contributed by atoms with E-state index in [4.69, 9.17) is 0 Å². The first kappa shape index (κ1) is 30.9. The zero-order valence-corrected chi connectivity index (χ0v) is 31.2. The second-order valence-corrected chi connectivity index (χ2v) is 16.4. The van der Waals surface area contributed by atoms with Gasteiger partial charge in [-0.3, -0.25) is 0 Å². The quantitative estimate of drug-likeness (QED) is 0.158. The Kier molecular flexibility index (Phi) is 6.07. The van der Waals surface area contributed by atoms with Crippen LogP contribution in [-0.2, 0) is 10.8 Å². The number of hydrogen-bond acceptors (Lipinski definition) is 0. The van der Waals surface area contributed by atoms with Crippen molar-refractivity contribution in [3.63, 3.8) is 0 Å². The van der Waals surface area contributed by atoms with Gasteiger partial charge in [0.25, 0.3) is 0 Å². The van der Waals surface area contributed by atoms with Gasteiger partial charge in [0.15, 0.2) is 0 Å². The molecule has 55 heavy (non-hydrogen) atoms. The highest BCUT2D eigenvalue weighted by molar-refractivity contribution is 6.22. The first-order chi connectivity index (χ1) is 27.0. The Hall–Kier alpha value is -6.50. The molecule has 3 aliphatic carbocycles. The second-order valence-electron chi connectivity index (χ2n) is 16.4. The molecule has 0 N–H and O–H groups in total. The van der Waals surface area contributed by atoms with Gasteiger partial charge in [0.05, 0.1) is 5.41 Å². The molecular formula is C55H38. The molecule has 0 radical (unpaired) electrons. The zero-order valence-electron chi connectivity index (χ0n) is 31.2. The molecule has 0 aliphatic heterocycles. The minimum absolute atomic E-state index is 0.0278. The Morgan fingerprint density at radius 2 is 0.745 bits per heavy atom. The summed E-state index contributed by atoms with van der Waals surface area (Å²) >= 11 is 0. The zero-order chi connectivity index (χ0) is 36.6. The van der Waals surface area contributed by atoms with Gasteiger partial charge in [0.1, 0.15) is 0 Å². The number of rotatable bonds is 2. The average Bonchev–Trinajstić information content (AvgIpc) is 3.78. The lowest BCUT2D eigenvalue weighted by molar-refractivity contribution is 0.660. The van der Waals surface area contributed by atoms with Gasteiger partial charge < -0.3 is 0 Å². The lowest BCUT2D eigenvalue weighted by Crippen LogP contribution is -2.25. The van der Waals surface area contributed by atoms with Crippen LogP contribution in [-0.4, -0.2) is 0 Å². The van der Waals surface area contributed by atoms with Crippen LogP contribution in [0.3, 0.4) is 0 Å². The molecular weight excluding hydrogens is 661 g/mol. The summed E-state index contributed by atoms with van der Waals surface area (Å²) in [5.74, 6) is 0. The summed E-state index contributed by atoms with van der Waals surface area (Å²) in [6, 6.07) is 67.0. The normalized spacial score (nSPS) is 14.7. The van der Waals surface area contributed by atoms with Crippen LogP contribution in [0, 0.1) is 6.92 Å². The molecule has 0 unspecified atom stereocenters. The second kappa shape index (κ2) is 10.8. The summed E-state index contributed by atoms with van der Waals surface area (Å²) in [7, 11) is 0. The van der Waals surface area contributed by atoms with Crippen molar-refractivity contribution in [1.82, 2.24) is 0 Å². The molecule has 0 heteroatoms. The van der Waals surface area contributed by atoms with Crippen molar-refractivity contribution >= 4 is 21.5 Å². The van der Waals surface area contributed by atoms with Crippen LogP contribution >= 0.6 is 0 Å². The first-order valence-electron chi connectivity index (χ1n) is 19.6. The molecule has 0 saturated carbocycles. The van der Waals surface area contributed by atoms with Crippen LogP contribution in [0.5, 0.6) is 0 Å². The van der Waals surface area contributed by atoms with E-state index in [9.17, 15) is 0 Å². The van der Waals surface area contributed by atoms with Crippen LogP contribution < -0.4 is 0 Å². The molecule has 3 aliphatic rings. The third-order valence-corrected chi connectivity index (χ3v) is 13.3. The summed E-state index contributed by atoms with van der Waals surface area (Å²) in [6.07, 6.45) is 0. The Labute approximate surface area is 322 Å². The smallest absolute Gasteiger partial charge is 0.0619 e. The fraction of sp³-hybridized carbons (Fsp3) is 0.0909. The SMILES string of the molecule is Cc1ccc2c(-c3ccc4c(c3)C3(c5ccccc5-c5ccccc53)c3ccccc3-4)c3ccccc3c(-c3ccc4c(c3)-c3ccccc3C4(C)C)c2c1. The average molecular weight is 699 g/mol. The number of fused-ring (bicyclic) bond motifs is 15. The molecule has 0 nitrogen and oxygen atoms in total.